The molecule has 3 rings (SSSR count). The fourth-order valence-electron chi connectivity index (χ4n) is 4.16. The topological polar surface area (TPSA) is 105 Å². The predicted molar refractivity (Wildman–Crippen MR) is 160 cm³/mol. The summed E-state index contributed by atoms with van der Waals surface area (Å²) in [6, 6.07) is 19.2. The maximum atomic E-state index is 14.1. The van der Waals surface area contributed by atoms with Crippen LogP contribution in [0.4, 0.5) is 5.69 Å². The van der Waals surface area contributed by atoms with Gasteiger partial charge in [-0.05, 0) is 69.2 Å². The molecule has 2 atom stereocenters. The lowest BCUT2D eigenvalue weighted by Gasteiger charge is -2.32. The fraction of sp³-hybridized carbons (Fsp3) is 0.355. The van der Waals surface area contributed by atoms with Crippen LogP contribution < -0.4 is 19.1 Å². The molecule has 0 bridgehead atoms. The minimum Gasteiger partial charge on any atom is -0.497 e. The maximum absolute atomic E-state index is 14.1. The molecular weight excluding hydrogens is 542 g/mol. The van der Waals surface area contributed by atoms with Crippen molar-refractivity contribution in [3.8, 4) is 11.5 Å². The van der Waals surface area contributed by atoms with Crippen molar-refractivity contribution in [3.63, 3.8) is 0 Å². The Kier molecular flexibility index (Phi) is 10.8. The first-order chi connectivity index (χ1) is 19.5. The number of amides is 2. The zero-order chi connectivity index (χ0) is 30.2. The highest BCUT2D eigenvalue weighted by atomic mass is 32.2. The van der Waals surface area contributed by atoms with Crippen LogP contribution in [0.15, 0.2) is 77.7 Å². The molecule has 0 aliphatic rings. The summed E-state index contributed by atoms with van der Waals surface area (Å²) >= 11 is 0. The van der Waals surface area contributed by atoms with Crippen molar-refractivity contribution in [2.45, 2.75) is 57.6 Å². The number of aryl methyl sites for hydroxylation is 1. The molecule has 1 N–H and O–H groups in total. The Balaban J connectivity index is 2.06. The lowest BCUT2D eigenvalue weighted by atomic mass is 10.1. The zero-order valence-corrected chi connectivity index (χ0v) is 25.3. The Morgan fingerprint density at radius 2 is 1.54 bits per heavy atom. The van der Waals surface area contributed by atoms with Crippen LogP contribution in [0.1, 0.15) is 38.3 Å². The number of nitrogens with zero attached hydrogens (tertiary/aromatic N) is 2. The minimum atomic E-state index is -4.24. The summed E-state index contributed by atoms with van der Waals surface area (Å²) in [5.41, 5.74) is 2.07. The summed E-state index contributed by atoms with van der Waals surface area (Å²) in [5, 5.41) is 2.93. The number of hydrogen-bond donors (Lipinski definition) is 1. The van der Waals surface area contributed by atoms with E-state index in [1.165, 1.54) is 31.3 Å². The quantitative estimate of drug-likeness (QED) is 0.318. The molecule has 2 amide bonds. The van der Waals surface area contributed by atoms with Gasteiger partial charge in [-0.3, -0.25) is 13.9 Å². The first-order valence-corrected chi connectivity index (χ1v) is 14.9. The van der Waals surface area contributed by atoms with Crippen molar-refractivity contribution in [1.82, 2.24) is 10.2 Å². The SMILES string of the molecule is CCC(C)NC(=O)C(C)N(Cc1ccc(C)cc1)C(=O)CN(c1ccccc1OC)S(=O)(=O)c1ccc(OC)cc1. The van der Waals surface area contributed by atoms with Crippen molar-refractivity contribution in [2.24, 2.45) is 0 Å². The molecule has 41 heavy (non-hydrogen) atoms. The van der Waals surface area contributed by atoms with Gasteiger partial charge in [0.05, 0.1) is 24.8 Å². The van der Waals surface area contributed by atoms with E-state index in [4.69, 9.17) is 9.47 Å². The van der Waals surface area contributed by atoms with Gasteiger partial charge in [-0.2, -0.15) is 0 Å². The van der Waals surface area contributed by atoms with Gasteiger partial charge in [0.15, 0.2) is 0 Å². The van der Waals surface area contributed by atoms with Crippen LogP contribution in [0, 0.1) is 6.92 Å². The number of para-hydroxylation sites is 2. The minimum absolute atomic E-state index is 0.0235. The highest BCUT2D eigenvalue weighted by Gasteiger charge is 2.34. The van der Waals surface area contributed by atoms with Crippen LogP contribution in [0.3, 0.4) is 0 Å². The van der Waals surface area contributed by atoms with Crippen molar-refractivity contribution < 1.29 is 27.5 Å². The lowest BCUT2D eigenvalue weighted by Crippen LogP contribution is -2.52. The van der Waals surface area contributed by atoms with Gasteiger partial charge >= 0.3 is 0 Å². The molecule has 9 nitrogen and oxygen atoms in total. The summed E-state index contributed by atoms with van der Waals surface area (Å²) in [6.07, 6.45) is 0.728. The average molecular weight is 582 g/mol. The molecule has 2 unspecified atom stereocenters. The number of methoxy groups -OCH3 is 2. The van der Waals surface area contributed by atoms with E-state index in [0.717, 1.165) is 21.9 Å². The van der Waals surface area contributed by atoms with Crippen LogP contribution >= 0.6 is 0 Å². The standard InChI is InChI=1S/C31H39N3O6S/c1-7-23(3)32-31(36)24(4)33(20-25-14-12-22(2)13-15-25)30(35)21-34(28-10-8-9-11-29(28)40-6)41(37,38)27-18-16-26(39-5)17-19-27/h8-19,23-24H,7,20-21H2,1-6H3,(H,32,36). The maximum Gasteiger partial charge on any atom is 0.264 e. The summed E-state index contributed by atoms with van der Waals surface area (Å²) < 4.78 is 39.7. The van der Waals surface area contributed by atoms with Crippen molar-refractivity contribution >= 4 is 27.5 Å². The van der Waals surface area contributed by atoms with Gasteiger partial charge in [0, 0.05) is 12.6 Å². The van der Waals surface area contributed by atoms with Gasteiger partial charge in [-0.25, -0.2) is 8.42 Å². The van der Waals surface area contributed by atoms with Gasteiger partial charge in [0.25, 0.3) is 10.0 Å². The first-order valence-electron chi connectivity index (χ1n) is 13.5. The second kappa shape index (κ2) is 14.0. The molecule has 10 heteroatoms. The molecule has 0 heterocycles. The molecule has 0 aromatic heterocycles. The average Bonchev–Trinajstić information content (AvgIpc) is 2.98. The van der Waals surface area contributed by atoms with E-state index in [1.54, 1.807) is 43.3 Å². The Morgan fingerprint density at radius 3 is 2.12 bits per heavy atom. The summed E-state index contributed by atoms with van der Waals surface area (Å²) in [6.45, 7) is 7.03. The highest BCUT2D eigenvalue weighted by Crippen LogP contribution is 2.33. The molecule has 0 saturated heterocycles. The second-order valence-corrected chi connectivity index (χ2v) is 11.7. The third-order valence-corrected chi connectivity index (χ3v) is 8.70. The van der Waals surface area contributed by atoms with Gasteiger partial charge in [-0.15, -0.1) is 0 Å². The van der Waals surface area contributed by atoms with E-state index in [9.17, 15) is 18.0 Å². The number of carbonyl (C=O) groups excluding carboxylic acids is 2. The molecule has 0 spiro atoms. The number of carbonyl (C=O) groups is 2. The smallest absolute Gasteiger partial charge is 0.264 e. The van der Waals surface area contributed by atoms with E-state index in [2.05, 4.69) is 5.32 Å². The van der Waals surface area contributed by atoms with Gasteiger partial charge in [-0.1, -0.05) is 48.9 Å². The Bertz CT molecular complexity index is 1420. The highest BCUT2D eigenvalue weighted by molar-refractivity contribution is 7.92. The zero-order valence-electron chi connectivity index (χ0n) is 24.5. The van der Waals surface area contributed by atoms with Gasteiger partial charge in [0.1, 0.15) is 24.1 Å². The van der Waals surface area contributed by atoms with Crippen molar-refractivity contribution in [3.05, 3.63) is 83.9 Å². The molecule has 0 aliphatic heterocycles. The molecule has 220 valence electrons. The number of ether oxygens (including phenoxy) is 2. The van der Waals surface area contributed by atoms with E-state index in [0.29, 0.717) is 5.75 Å². The van der Waals surface area contributed by atoms with Gasteiger partial charge in [0.2, 0.25) is 11.8 Å². The second-order valence-electron chi connectivity index (χ2n) is 9.86. The van der Waals surface area contributed by atoms with Crippen LogP contribution in [0.25, 0.3) is 0 Å². The number of sulfonamides is 1. The Labute approximate surface area is 243 Å². The molecular formula is C31H39N3O6S. The van der Waals surface area contributed by atoms with Crippen LogP contribution in [-0.4, -0.2) is 58.0 Å². The molecule has 0 aliphatic carbocycles. The molecule has 0 fully saturated rings. The Hall–Kier alpha value is -4.05. The molecule has 3 aromatic rings. The first kappa shape index (κ1) is 31.5. The summed E-state index contributed by atoms with van der Waals surface area (Å²) in [5.74, 6) is -0.0821. The van der Waals surface area contributed by atoms with Crippen LogP contribution in [0.5, 0.6) is 11.5 Å². The van der Waals surface area contributed by atoms with Crippen LogP contribution in [-0.2, 0) is 26.2 Å². The van der Waals surface area contributed by atoms with Crippen molar-refractivity contribution in [2.75, 3.05) is 25.1 Å². The molecule has 0 saturated carbocycles. The van der Waals surface area contributed by atoms with E-state index >= 15 is 0 Å². The Morgan fingerprint density at radius 1 is 0.902 bits per heavy atom. The normalized spacial score (nSPS) is 12.6. The predicted octanol–water partition coefficient (Wildman–Crippen LogP) is 4.54. The van der Waals surface area contributed by atoms with E-state index < -0.39 is 28.5 Å². The molecule has 3 aromatic carbocycles. The number of rotatable bonds is 13. The third kappa shape index (κ3) is 7.79. The molecule has 0 radical (unpaired) electrons. The number of nitrogens with one attached hydrogen (secondary N) is 1. The van der Waals surface area contributed by atoms with E-state index in [-0.39, 0.29) is 34.8 Å². The third-order valence-electron chi connectivity index (χ3n) is 6.92. The summed E-state index contributed by atoms with van der Waals surface area (Å²) in [7, 11) is -1.31. The number of hydrogen-bond acceptors (Lipinski definition) is 6. The van der Waals surface area contributed by atoms with Crippen LogP contribution in [0.2, 0.25) is 0 Å². The van der Waals surface area contributed by atoms with E-state index in [1.807, 2.05) is 45.0 Å². The number of anilines is 1. The fourth-order valence-corrected chi connectivity index (χ4v) is 5.59. The van der Waals surface area contributed by atoms with Crippen molar-refractivity contribution in [1.29, 1.82) is 0 Å². The summed E-state index contributed by atoms with van der Waals surface area (Å²) in [4.78, 5) is 28.6. The monoisotopic (exact) mass is 581 g/mol. The number of benzene rings is 3. The lowest BCUT2D eigenvalue weighted by molar-refractivity contribution is -0.139. The van der Waals surface area contributed by atoms with Gasteiger partial charge < -0.3 is 19.7 Å². The largest absolute Gasteiger partial charge is 0.497 e.